The van der Waals surface area contributed by atoms with Crippen LogP contribution < -0.4 is 5.32 Å². The Labute approximate surface area is 172 Å². The van der Waals surface area contributed by atoms with Gasteiger partial charge in [0, 0.05) is 46.4 Å². The normalized spacial score (nSPS) is 21.0. The number of nitrogens with one attached hydrogen (secondary N) is 1. The maximum absolute atomic E-state index is 5.46. The molecule has 25 heavy (non-hydrogen) atoms. The Bertz CT molecular complexity index is 368. The molecule has 2 aliphatic heterocycles. The summed E-state index contributed by atoms with van der Waals surface area (Å²) in [6.07, 6.45) is 6.41. The fourth-order valence-corrected chi connectivity index (χ4v) is 3.69. The van der Waals surface area contributed by atoms with E-state index in [4.69, 9.17) is 9.73 Å². The molecule has 0 aromatic carbocycles. The minimum atomic E-state index is 0. The van der Waals surface area contributed by atoms with Crippen molar-refractivity contribution in [3.63, 3.8) is 0 Å². The fraction of sp³-hybridized carbons (Fsp3) is 0.947. The zero-order valence-corrected chi connectivity index (χ0v) is 18.8. The number of nitrogens with zero attached hydrogens (tertiary/aromatic N) is 3. The van der Waals surface area contributed by atoms with Crippen molar-refractivity contribution in [2.24, 2.45) is 16.8 Å². The molecule has 1 N–H and O–H groups in total. The van der Waals surface area contributed by atoms with Gasteiger partial charge in [-0.25, -0.2) is 0 Å². The van der Waals surface area contributed by atoms with E-state index in [0.717, 1.165) is 44.7 Å². The first-order chi connectivity index (χ1) is 11.7. The third-order valence-electron chi connectivity index (χ3n) is 5.23. The molecular formula is C19H39IN4O. The van der Waals surface area contributed by atoms with Crippen LogP contribution in [0.3, 0.4) is 0 Å². The molecule has 1 unspecified atom stereocenters. The van der Waals surface area contributed by atoms with E-state index in [1.807, 2.05) is 0 Å². The van der Waals surface area contributed by atoms with Crippen molar-refractivity contribution >= 4 is 29.9 Å². The average Bonchev–Trinajstić information content (AvgIpc) is 3.10. The van der Waals surface area contributed by atoms with Crippen LogP contribution in [-0.4, -0.2) is 75.3 Å². The lowest BCUT2D eigenvalue weighted by Gasteiger charge is -2.27. The van der Waals surface area contributed by atoms with Crippen molar-refractivity contribution in [1.29, 1.82) is 0 Å². The predicted octanol–water partition coefficient (Wildman–Crippen LogP) is 3.05. The molecule has 0 aliphatic carbocycles. The number of guanidine groups is 1. The first-order valence-electron chi connectivity index (χ1n) is 9.98. The summed E-state index contributed by atoms with van der Waals surface area (Å²) >= 11 is 0. The van der Waals surface area contributed by atoms with E-state index in [0.29, 0.717) is 5.92 Å². The van der Waals surface area contributed by atoms with E-state index in [9.17, 15) is 0 Å². The van der Waals surface area contributed by atoms with Crippen molar-refractivity contribution in [1.82, 2.24) is 15.1 Å². The summed E-state index contributed by atoms with van der Waals surface area (Å²) < 4.78 is 5.46. The summed E-state index contributed by atoms with van der Waals surface area (Å²) in [5.74, 6) is 2.51. The van der Waals surface area contributed by atoms with Crippen LogP contribution >= 0.6 is 24.0 Å². The summed E-state index contributed by atoms with van der Waals surface area (Å²) in [4.78, 5) is 9.79. The highest BCUT2D eigenvalue weighted by molar-refractivity contribution is 14.0. The number of hydrogen-bond acceptors (Lipinski definition) is 3. The fourth-order valence-electron chi connectivity index (χ4n) is 3.69. The SMILES string of the molecule is CCNC(=NCC(C)CN1CCCC1)N(C)CCC1CCOCC1.I. The standard InChI is InChI=1S/C19H38N4O.HI/c1-4-20-19(21-15-17(2)16-23-10-5-6-11-23)22(3)12-7-18-8-13-24-14-9-18;/h17-18H,4-16H2,1-3H3,(H,20,21);1H. The van der Waals surface area contributed by atoms with Gasteiger partial charge in [0.05, 0.1) is 0 Å². The molecule has 2 aliphatic rings. The van der Waals surface area contributed by atoms with E-state index >= 15 is 0 Å². The third kappa shape index (κ3) is 8.91. The second kappa shape index (κ2) is 13.1. The third-order valence-corrected chi connectivity index (χ3v) is 5.23. The molecule has 2 fully saturated rings. The molecule has 6 heteroatoms. The Kier molecular flexibility index (Phi) is 12.1. The Morgan fingerprint density at radius 3 is 2.60 bits per heavy atom. The summed E-state index contributed by atoms with van der Waals surface area (Å²) in [6.45, 7) is 13.0. The van der Waals surface area contributed by atoms with Crippen molar-refractivity contribution in [3.05, 3.63) is 0 Å². The van der Waals surface area contributed by atoms with E-state index in [2.05, 4.69) is 36.0 Å². The monoisotopic (exact) mass is 466 g/mol. The lowest BCUT2D eigenvalue weighted by molar-refractivity contribution is 0.0625. The number of aliphatic imine (C=N–C) groups is 1. The van der Waals surface area contributed by atoms with Gasteiger partial charge in [0.25, 0.3) is 0 Å². The van der Waals surface area contributed by atoms with Crippen LogP contribution in [0.4, 0.5) is 0 Å². The highest BCUT2D eigenvalue weighted by Gasteiger charge is 2.17. The van der Waals surface area contributed by atoms with Crippen LogP contribution in [0.1, 0.15) is 46.0 Å². The molecule has 0 radical (unpaired) electrons. The van der Waals surface area contributed by atoms with Crippen LogP contribution in [-0.2, 0) is 4.74 Å². The number of likely N-dealkylation sites (tertiary alicyclic amines) is 1. The molecule has 2 saturated heterocycles. The molecule has 0 amide bonds. The van der Waals surface area contributed by atoms with Gasteiger partial charge in [-0.2, -0.15) is 0 Å². The summed E-state index contributed by atoms with van der Waals surface area (Å²) in [5.41, 5.74) is 0. The molecule has 5 nitrogen and oxygen atoms in total. The maximum atomic E-state index is 5.46. The Morgan fingerprint density at radius 1 is 1.28 bits per heavy atom. The van der Waals surface area contributed by atoms with Crippen molar-refractivity contribution < 1.29 is 4.74 Å². The van der Waals surface area contributed by atoms with Gasteiger partial charge in [-0.15, -0.1) is 24.0 Å². The van der Waals surface area contributed by atoms with Crippen LogP contribution in [0, 0.1) is 11.8 Å². The van der Waals surface area contributed by atoms with Gasteiger partial charge in [-0.3, -0.25) is 4.99 Å². The lowest BCUT2D eigenvalue weighted by atomic mass is 9.96. The molecule has 0 spiro atoms. The average molecular weight is 466 g/mol. The van der Waals surface area contributed by atoms with Gasteiger partial charge in [0.15, 0.2) is 5.96 Å². The molecule has 0 bridgehead atoms. The quantitative estimate of drug-likeness (QED) is 0.339. The summed E-state index contributed by atoms with van der Waals surface area (Å²) in [5, 5.41) is 3.46. The van der Waals surface area contributed by atoms with Crippen LogP contribution in [0.2, 0.25) is 0 Å². The Hall–Kier alpha value is -0.0800. The number of rotatable bonds is 8. The minimum absolute atomic E-state index is 0. The van der Waals surface area contributed by atoms with Gasteiger partial charge >= 0.3 is 0 Å². The highest BCUT2D eigenvalue weighted by atomic mass is 127. The first kappa shape index (κ1) is 23.0. The topological polar surface area (TPSA) is 40.1 Å². The molecule has 1 atom stereocenters. The number of hydrogen-bond donors (Lipinski definition) is 1. The molecule has 2 heterocycles. The largest absolute Gasteiger partial charge is 0.381 e. The Balaban J connectivity index is 0.00000312. The second-order valence-corrected chi connectivity index (χ2v) is 7.57. The van der Waals surface area contributed by atoms with Crippen LogP contribution in [0.25, 0.3) is 0 Å². The zero-order valence-electron chi connectivity index (χ0n) is 16.5. The predicted molar refractivity (Wildman–Crippen MR) is 117 cm³/mol. The summed E-state index contributed by atoms with van der Waals surface area (Å²) in [6, 6.07) is 0. The van der Waals surface area contributed by atoms with Gasteiger partial charge in [-0.05, 0) is 64.0 Å². The van der Waals surface area contributed by atoms with Crippen molar-refractivity contribution in [2.45, 2.75) is 46.0 Å². The van der Waals surface area contributed by atoms with E-state index in [1.165, 1.54) is 51.7 Å². The molecule has 2 rings (SSSR count). The Morgan fingerprint density at radius 2 is 1.96 bits per heavy atom. The molecule has 0 aromatic rings. The first-order valence-corrected chi connectivity index (χ1v) is 9.98. The van der Waals surface area contributed by atoms with E-state index in [1.54, 1.807) is 0 Å². The number of halogens is 1. The van der Waals surface area contributed by atoms with Gasteiger partial charge in [-0.1, -0.05) is 6.92 Å². The van der Waals surface area contributed by atoms with Gasteiger partial charge < -0.3 is 19.9 Å². The molecule has 0 saturated carbocycles. The van der Waals surface area contributed by atoms with Gasteiger partial charge in [0.2, 0.25) is 0 Å². The second-order valence-electron chi connectivity index (χ2n) is 7.57. The maximum Gasteiger partial charge on any atom is 0.193 e. The van der Waals surface area contributed by atoms with E-state index in [-0.39, 0.29) is 24.0 Å². The number of ether oxygens (including phenoxy) is 1. The lowest BCUT2D eigenvalue weighted by Crippen LogP contribution is -2.40. The smallest absolute Gasteiger partial charge is 0.193 e. The van der Waals surface area contributed by atoms with E-state index < -0.39 is 0 Å². The highest BCUT2D eigenvalue weighted by Crippen LogP contribution is 2.18. The van der Waals surface area contributed by atoms with Gasteiger partial charge in [0.1, 0.15) is 0 Å². The van der Waals surface area contributed by atoms with Crippen molar-refractivity contribution in [3.8, 4) is 0 Å². The molecular weight excluding hydrogens is 427 g/mol. The molecule has 148 valence electrons. The minimum Gasteiger partial charge on any atom is -0.381 e. The van der Waals surface area contributed by atoms with Crippen molar-refractivity contribution in [2.75, 3.05) is 59.5 Å². The summed E-state index contributed by atoms with van der Waals surface area (Å²) in [7, 11) is 2.17. The van der Waals surface area contributed by atoms with Crippen LogP contribution in [0.5, 0.6) is 0 Å². The van der Waals surface area contributed by atoms with Crippen LogP contribution in [0.15, 0.2) is 4.99 Å². The molecule has 0 aromatic heterocycles. The zero-order chi connectivity index (χ0) is 17.2.